The molecule has 0 bridgehead atoms. The lowest BCUT2D eigenvalue weighted by molar-refractivity contribution is -0.124. The molecule has 3 rings (SSSR count). The number of H-pyrrole nitrogens is 1. The van der Waals surface area contributed by atoms with E-state index < -0.39 is 0 Å². The van der Waals surface area contributed by atoms with Crippen molar-refractivity contribution in [3.8, 4) is 0 Å². The van der Waals surface area contributed by atoms with Crippen LogP contribution in [-0.4, -0.2) is 15.9 Å². The second kappa shape index (κ2) is 6.57. The fourth-order valence-electron chi connectivity index (χ4n) is 3.26. The standard InChI is InChI=1S/C17H21N3O/c21-17(20-12-15-18-10-11-19-15)16(14-8-4-5-9-14)13-6-2-1-3-7-13/h1-3,6-7,10-11,14,16H,4-5,8-9,12H2,(H,18,19)(H,20,21)/t16-/m1/s1. The van der Waals surface area contributed by atoms with Gasteiger partial charge in [0.2, 0.25) is 5.91 Å². The Bertz CT molecular complexity index is 559. The van der Waals surface area contributed by atoms with E-state index >= 15 is 0 Å². The molecule has 0 radical (unpaired) electrons. The van der Waals surface area contributed by atoms with Crippen LogP contribution in [0.5, 0.6) is 0 Å². The molecule has 2 aromatic rings. The van der Waals surface area contributed by atoms with Crippen molar-refractivity contribution in [2.45, 2.75) is 38.1 Å². The van der Waals surface area contributed by atoms with Crippen molar-refractivity contribution in [3.05, 3.63) is 54.1 Å². The van der Waals surface area contributed by atoms with Crippen LogP contribution in [0.4, 0.5) is 0 Å². The van der Waals surface area contributed by atoms with E-state index in [4.69, 9.17) is 0 Å². The molecule has 1 saturated carbocycles. The summed E-state index contributed by atoms with van der Waals surface area (Å²) in [5.41, 5.74) is 1.13. The van der Waals surface area contributed by atoms with E-state index in [0.717, 1.165) is 24.2 Å². The first-order valence-corrected chi connectivity index (χ1v) is 7.65. The van der Waals surface area contributed by atoms with E-state index in [1.54, 1.807) is 12.4 Å². The lowest BCUT2D eigenvalue weighted by Gasteiger charge is -2.23. The topological polar surface area (TPSA) is 57.8 Å². The van der Waals surface area contributed by atoms with Gasteiger partial charge in [-0.1, -0.05) is 43.2 Å². The molecule has 4 nitrogen and oxygen atoms in total. The Labute approximate surface area is 125 Å². The summed E-state index contributed by atoms with van der Waals surface area (Å²) in [5.74, 6) is 1.33. The summed E-state index contributed by atoms with van der Waals surface area (Å²) in [6.45, 7) is 0.460. The quantitative estimate of drug-likeness (QED) is 0.886. The number of hydrogen-bond acceptors (Lipinski definition) is 2. The summed E-state index contributed by atoms with van der Waals surface area (Å²) >= 11 is 0. The first-order valence-electron chi connectivity index (χ1n) is 7.65. The summed E-state index contributed by atoms with van der Waals surface area (Å²) in [7, 11) is 0. The van der Waals surface area contributed by atoms with Crippen LogP contribution >= 0.6 is 0 Å². The Kier molecular flexibility index (Phi) is 4.34. The Balaban J connectivity index is 1.73. The number of hydrogen-bond donors (Lipinski definition) is 2. The molecule has 0 spiro atoms. The molecule has 110 valence electrons. The number of imidazole rings is 1. The second-order valence-electron chi connectivity index (χ2n) is 5.69. The van der Waals surface area contributed by atoms with E-state index in [9.17, 15) is 4.79 Å². The minimum absolute atomic E-state index is 0.0383. The Hall–Kier alpha value is -2.10. The van der Waals surface area contributed by atoms with Crippen LogP contribution in [0.2, 0.25) is 0 Å². The molecule has 4 heteroatoms. The summed E-state index contributed by atoms with van der Waals surface area (Å²) in [6.07, 6.45) is 8.24. The van der Waals surface area contributed by atoms with Crippen molar-refractivity contribution >= 4 is 5.91 Å². The maximum Gasteiger partial charge on any atom is 0.228 e. The highest BCUT2D eigenvalue weighted by Gasteiger charge is 2.31. The van der Waals surface area contributed by atoms with Gasteiger partial charge in [-0.15, -0.1) is 0 Å². The number of nitrogens with zero attached hydrogens (tertiary/aromatic N) is 1. The smallest absolute Gasteiger partial charge is 0.228 e. The van der Waals surface area contributed by atoms with Gasteiger partial charge < -0.3 is 10.3 Å². The molecule has 1 atom stereocenters. The van der Waals surface area contributed by atoms with Gasteiger partial charge in [0, 0.05) is 12.4 Å². The number of aromatic nitrogens is 2. The molecule has 1 heterocycles. The number of benzene rings is 1. The molecular weight excluding hydrogens is 262 g/mol. The van der Waals surface area contributed by atoms with Gasteiger partial charge in [0.15, 0.2) is 0 Å². The predicted molar refractivity (Wildman–Crippen MR) is 81.6 cm³/mol. The fraction of sp³-hybridized carbons (Fsp3) is 0.412. The van der Waals surface area contributed by atoms with E-state index in [1.165, 1.54) is 12.8 Å². The van der Waals surface area contributed by atoms with Gasteiger partial charge in [-0.25, -0.2) is 4.98 Å². The minimum Gasteiger partial charge on any atom is -0.348 e. The number of carbonyl (C=O) groups is 1. The number of nitrogens with one attached hydrogen (secondary N) is 2. The normalized spacial score (nSPS) is 16.8. The van der Waals surface area contributed by atoms with Gasteiger partial charge in [-0.3, -0.25) is 4.79 Å². The first kappa shape index (κ1) is 13.9. The van der Waals surface area contributed by atoms with Gasteiger partial charge in [-0.05, 0) is 24.3 Å². The van der Waals surface area contributed by atoms with Crippen molar-refractivity contribution in [3.63, 3.8) is 0 Å². The maximum atomic E-state index is 12.7. The molecule has 0 aliphatic heterocycles. The molecule has 0 saturated heterocycles. The molecule has 1 aliphatic carbocycles. The zero-order valence-corrected chi connectivity index (χ0v) is 12.1. The van der Waals surface area contributed by atoms with Gasteiger partial charge in [0.05, 0.1) is 12.5 Å². The van der Waals surface area contributed by atoms with Crippen LogP contribution in [0, 0.1) is 5.92 Å². The van der Waals surface area contributed by atoms with Gasteiger partial charge in [0.25, 0.3) is 0 Å². The van der Waals surface area contributed by atoms with E-state index in [0.29, 0.717) is 12.5 Å². The molecule has 1 amide bonds. The highest BCUT2D eigenvalue weighted by molar-refractivity contribution is 5.84. The predicted octanol–water partition coefficient (Wildman–Crippen LogP) is 3.00. The third-order valence-electron chi connectivity index (χ3n) is 4.30. The highest BCUT2D eigenvalue weighted by Crippen LogP contribution is 2.37. The van der Waals surface area contributed by atoms with Crippen LogP contribution in [0.1, 0.15) is 43.0 Å². The SMILES string of the molecule is O=C(NCc1ncc[nH]1)[C@H](c1ccccc1)C1CCCC1. The zero-order valence-electron chi connectivity index (χ0n) is 12.1. The van der Waals surface area contributed by atoms with Crippen molar-refractivity contribution in [2.24, 2.45) is 5.92 Å². The molecule has 2 N–H and O–H groups in total. The Morgan fingerprint density at radius 1 is 1.29 bits per heavy atom. The fourth-order valence-corrected chi connectivity index (χ4v) is 3.26. The average Bonchev–Trinajstić information content (AvgIpc) is 3.20. The van der Waals surface area contributed by atoms with Crippen LogP contribution in [0.25, 0.3) is 0 Å². The number of rotatable bonds is 5. The molecule has 21 heavy (non-hydrogen) atoms. The minimum atomic E-state index is -0.0383. The summed E-state index contributed by atoms with van der Waals surface area (Å²) in [4.78, 5) is 19.8. The summed E-state index contributed by atoms with van der Waals surface area (Å²) < 4.78 is 0. The van der Waals surface area contributed by atoms with Crippen LogP contribution < -0.4 is 5.32 Å². The van der Waals surface area contributed by atoms with E-state index in [-0.39, 0.29) is 11.8 Å². The first-order chi connectivity index (χ1) is 10.3. The second-order valence-corrected chi connectivity index (χ2v) is 5.69. The van der Waals surface area contributed by atoms with Crippen LogP contribution in [-0.2, 0) is 11.3 Å². The van der Waals surface area contributed by atoms with E-state index in [2.05, 4.69) is 27.4 Å². The monoisotopic (exact) mass is 283 g/mol. The highest BCUT2D eigenvalue weighted by atomic mass is 16.1. The van der Waals surface area contributed by atoms with Crippen LogP contribution in [0.15, 0.2) is 42.7 Å². The Morgan fingerprint density at radius 2 is 2.05 bits per heavy atom. The molecule has 1 aliphatic rings. The molecule has 1 aromatic heterocycles. The van der Waals surface area contributed by atoms with Gasteiger partial charge in [-0.2, -0.15) is 0 Å². The largest absolute Gasteiger partial charge is 0.348 e. The van der Waals surface area contributed by atoms with Crippen LogP contribution in [0.3, 0.4) is 0 Å². The molecule has 1 fully saturated rings. The van der Waals surface area contributed by atoms with Gasteiger partial charge in [0.1, 0.15) is 5.82 Å². The number of aromatic amines is 1. The lowest BCUT2D eigenvalue weighted by Crippen LogP contribution is -2.32. The van der Waals surface area contributed by atoms with Crippen molar-refractivity contribution in [1.82, 2.24) is 15.3 Å². The molecule has 0 unspecified atom stereocenters. The van der Waals surface area contributed by atoms with Gasteiger partial charge >= 0.3 is 0 Å². The summed E-state index contributed by atoms with van der Waals surface area (Å²) in [5, 5.41) is 3.03. The third-order valence-corrected chi connectivity index (χ3v) is 4.30. The average molecular weight is 283 g/mol. The van der Waals surface area contributed by atoms with Crippen molar-refractivity contribution in [1.29, 1.82) is 0 Å². The summed E-state index contributed by atoms with van der Waals surface area (Å²) in [6, 6.07) is 10.1. The number of carbonyl (C=O) groups excluding carboxylic acids is 1. The van der Waals surface area contributed by atoms with Crippen molar-refractivity contribution < 1.29 is 4.79 Å². The van der Waals surface area contributed by atoms with E-state index in [1.807, 2.05) is 18.2 Å². The van der Waals surface area contributed by atoms with Crippen molar-refractivity contribution in [2.75, 3.05) is 0 Å². The molecular formula is C17H21N3O. The number of amides is 1. The lowest BCUT2D eigenvalue weighted by atomic mass is 9.84. The Morgan fingerprint density at radius 3 is 2.71 bits per heavy atom. The molecule has 1 aromatic carbocycles. The zero-order chi connectivity index (χ0) is 14.5. The third kappa shape index (κ3) is 3.32. The maximum absolute atomic E-state index is 12.7.